The van der Waals surface area contributed by atoms with Crippen molar-refractivity contribution in [3.05, 3.63) is 18.2 Å². The molecule has 0 aliphatic carbocycles. The van der Waals surface area contributed by atoms with Crippen molar-refractivity contribution in [2.45, 2.75) is 32.8 Å². The summed E-state index contributed by atoms with van der Waals surface area (Å²) in [6.07, 6.45) is 1.45. The average Bonchev–Trinajstić information content (AvgIpc) is 2.41. The second kappa shape index (κ2) is 7.62. The minimum absolute atomic E-state index is 0.117. The summed E-state index contributed by atoms with van der Waals surface area (Å²) in [7, 11) is 3.88. The highest BCUT2D eigenvalue weighted by atomic mass is 16.5. The predicted octanol–water partition coefficient (Wildman–Crippen LogP) is 2.02. The maximum absolute atomic E-state index is 11.9. The highest BCUT2D eigenvalue weighted by molar-refractivity contribution is 5.81. The van der Waals surface area contributed by atoms with E-state index in [1.165, 1.54) is 0 Å². The van der Waals surface area contributed by atoms with Crippen molar-refractivity contribution in [1.29, 1.82) is 0 Å². The molecule has 5 heteroatoms. The molecule has 0 radical (unpaired) electrons. The Hall–Kier alpha value is -1.91. The van der Waals surface area contributed by atoms with Gasteiger partial charge in [0.05, 0.1) is 5.69 Å². The van der Waals surface area contributed by atoms with E-state index in [4.69, 9.17) is 10.5 Å². The number of carbonyl (C=O) groups excluding carboxylic acids is 1. The summed E-state index contributed by atoms with van der Waals surface area (Å²) in [5, 5.41) is 2.85. The Labute approximate surface area is 121 Å². The lowest BCUT2D eigenvalue weighted by Crippen LogP contribution is -2.36. The lowest BCUT2D eigenvalue weighted by molar-refractivity contribution is -0.127. The van der Waals surface area contributed by atoms with Crippen LogP contribution in [0.4, 0.5) is 11.4 Å². The molecule has 1 unspecified atom stereocenters. The maximum atomic E-state index is 11.9. The minimum atomic E-state index is -0.563. The van der Waals surface area contributed by atoms with Crippen molar-refractivity contribution < 1.29 is 9.53 Å². The van der Waals surface area contributed by atoms with Gasteiger partial charge in [-0.1, -0.05) is 13.3 Å². The molecule has 1 aromatic rings. The standard InChI is InChI=1S/C15H25N3O2/c1-5-6-9-17-15(19)11(2)20-14-10-12(18(3)4)7-8-13(14)16/h7-8,10-11H,5-6,9,16H2,1-4H3,(H,17,19). The SMILES string of the molecule is CCCCNC(=O)C(C)Oc1cc(N(C)C)ccc1N. The summed E-state index contributed by atoms with van der Waals surface area (Å²) < 4.78 is 5.66. The van der Waals surface area contributed by atoms with Crippen molar-refractivity contribution >= 4 is 17.3 Å². The third kappa shape index (κ3) is 4.64. The molecule has 1 atom stereocenters. The topological polar surface area (TPSA) is 67.6 Å². The van der Waals surface area contributed by atoms with Crippen LogP contribution in [0.3, 0.4) is 0 Å². The fourth-order valence-corrected chi connectivity index (χ4v) is 1.68. The van der Waals surface area contributed by atoms with Gasteiger partial charge in [0.2, 0.25) is 0 Å². The third-order valence-electron chi connectivity index (χ3n) is 3.02. The molecule has 0 aliphatic rings. The van der Waals surface area contributed by atoms with Crippen LogP contribution in [0.5, 0.6) is 5.75 Å². The van der Waals surface area contributed by atoms with Crippen LogP contribution >= 0.6 is 0 Å². The normalized spacial score (nSPS) is 11.8. The number of hydrogen-bond acceptors (Lipinski definition) is 4. The summed E-state index contributed by atoms with van der Waals surface area (Å²) in [6, 6.07) is 5.53. The summed E-state index contributed by atoms with van der Waals surface area (Å²) in [4.78, 5) is 13.8. The van der Waals surface area contributed by atoms with E-state index in [1.54, 1.807) is 13.0 Å². The van der Waals surface area contributed by atoms with Gasteiger partial charge in [-0.15, -0.1) is 0 Å². The number of unbranched alkanes of at least 4 members (excludes halogenated alkanes) is 1. The van der Waals surface area contributed by atoms with Gasteiger partial charge in [-0.2, -0.15) is 0 Å². The molecule has 0 bridgehead atoms. The smallest absolute Gasteiger partial charge is 0.260 e. The van der Waals surface area contributed by atoms with E-state index < -0.39 is 6.10 Å². The van der Waals surface area contributed by atoms with Crippen molar-refractivity contribution in [2.24, 2.45) is 0 Å². The fraction of sp³-hybridized carbons (Fsp3) is 0.533. The van der Waals surface area contributed by atoms with Crippen LogP contribution in [0.15, 0.2) is 18.2 Å². The number of ether oxygens (including phenoxy) is 1. The van der Waals surface area contributed by atoms with Crippen LogP contribution in [0, 0.1) is 0 Å². The lowest BCUT2D eigenvalue weighted by atomic mass is 10.2. The molecular formula is C15H25N3O2. The summed E-state index contributed by atoms with van der Waals surface area (Å²) >= 11 is 0. The molecule has 0 fully saturated rings. The summed E-state index contributed by atoms with van der Waals surface area (Å²) in [5.41, 5.74) is 7.40. The minimum Gasteiger partial charge on any atom is -0.479 e. The number of nitrogens with zero attached hydrogens (tertiary/aromatic N) is 1. The second-order valence-electron chi connectivity index (χ2n) is 5.02. The van der Waals surface area contributed by atoms with E-state index in [0.717, 1.165) is 18.5 Å². The van der Waals surface area contributed by atoms with Gasteiger partial charge in [-0.3, -0.25) is 4.79 Å². The summed E-state index contributed by atoms with van der Waals surface area (Å²) in [5.74, 6) is 0.419. The van der Waals surface area contributed by atoms with Gasteiger partial charge in [-0.25, -0.2) is 0 Å². The molecule has 5 nitrogen and oxygen atoms in total. The molecule has 112 valence electrons. The largest absolute Gasteiger partial charge is 0.479 e. The zero-order valence-electron chi connectivity index (χ0n) is 12.8. The van der Waals surface area contributed by atoms with E-state index in [9.17, 15) is 4.79 Å². The van der Waals surface area contributed by atoms with Crippen molar-refractivity contribution in [1.82, 2.24) is 5.32 Å². The van der Waals surface area contributed by atoms with E-state index in [2.05, 4.69) is 12.2 Å². The number of anilines is 2. The van der Waals surface area contributed by atoms with Crippen LogP contribution < -0.4 is 20.7 Å². The molecule has 3 N–H and O–H groups in total. The van der Waals surface area contributed by atoms with Gasteiger partial charge in [0.1, 0.15) is 5.75 Å². The van der Waals surface area contributed by atoms with Gasteiger partial charge in [-0.05, 0) is 25.5 Å². The Balaban J connectivity index is 2.67. The highest BCUT2D eigenvalue weighted by Gasteiger charge is 2.15. The lowest BCUT2D eigenvalue weighted by Gasteiger charge is -2.19. The number of hydrogen-bond donors (Lipinski definition) is 2. The van der Waals surface area contributed by atoms with Crippen LogP contribution in [-0.4, -0.2) is 32.7 Å². The fourth-order valence-electron chi connectivity index (χ4n) is 1.68. The van der Waals surface area contributed by atoms with E-state index in [-0.39, 0.29) is 5.91 Å². The maximum Gasteiger partial charge on any atom is 0.260 e. The van der Waals surface area contributed by atoms with Crippen LogP contribution in [0.2, 0.25) is 0 Å². The Morgan fingerprint density at radius 2 is 2.15 bits per heavy atom. The van der Waals surface area contributed by atoms with E-state index in [0.29, 0.717) is 18.0 Å². The molecule has 0 aliphatic heterocycles. The number of rotatable bonds is 7. The molecule has 0 spiro atoms. The Kier molecular flexibility index (Phi) is 6.15. The Bertz CT molecular complexity index is 447. The molecule has 20 heavy (non-hydrogen) atoms. The summed E-state index contributed by atoms with van der Waals surface area (Å²) in [6.45, 7) is 4.48. The van der Waals surface area contributed by atoms with Gasteiger partial charge in [0.15, 0.2) is 6.10 Å². The monoisotopic (exact) mass is 279 g/mol. The number of amides is 1. The first-order valence-electron chi connectivity index (χ1n) is 6.97. The second-order valence-corrected chi connectivity index (χ2v) is 5.02. The van der Waals surface area contributed by atoms with Crippen molar-refractivity contribution in [3.8, 4) is 5.75 Å². The molecule has 1 rings (SSSR count). The molecule has 0 saturated carbocycles. The van der Waals surface area contributed by atoms with Gasteiger partial charge < -0.3 is 20.7 Å². The molecular weight excluding hydrogens is 254 g/mol. The quantitative estimate of drug-likeness (QED) is 0.592. The zero-order chi connectivity index (χ0) is 15.1. The van der Waals surface area contributed by atoms with E-state index >= 15 is 0 Å². The van der Waals surface area contributed by atoms with Gasteiger partial charge in [0, 0.05) is 32.4 Å². The van der Waals surface area contributed by atoms with Gasteiger partial charge >= 0.3 is 0 Å². The number of benzene rings is 1. The Morgan fingerprint density at radius 1 is 1.45 bits per heavy atom. The zero-order valence-corrected chi connectivity index (χ0v) is 12.8. The number of nitrogens with two attached hydrogens (primary N) is 1. The molecule has 1 amide bonds. The first-order chi connectivity index (χ1) is 9.45. The van der Waals surface area contributed by atoms with Crippen molar-refractivity contribution in [3.63, 3.8) is 0 Å². The first-order valence-corrected chi connectivity index (χ1v) is 6.97. The van der Waals surface area contributed by atoms with Crippen LogP contribution in [0.1, 0.15) is 26.7 Å². The van der Waals surface area contributed by atoms with E-state index in [1.807, 2.05) is 31.1 Å². The van der Waals surface area contributed by atoms with Crippen LogP contribution in [0.25, 0.3) is 0 Å². The molecule has 1 aromatic carbocycles. The number of nitrogens with one attached hydrogen (secondary N) is 1. The number of nitrogen functional groups attached to an aromatic ring is 1. The highest BCUT2D eigenvalue weighted by Crippen LogP contribution is 2.27. The predicted molar refractivity (Wildman–Crippen MR) is 83.2 cm³/mol. The molecule has 0 saturated heterocycles. The van der Waals surface area contributed by atoms with Crippen molar-refractivity contribution in [2.75, 3.05) is 31.3 Å². The molecule has 0 heterocycles. The van der Waals surface area contributed by atoms with Crippen LogP contribution in [-0.2, 0) is 4.79 Å². The average molecular weight is 279 g/mol. The van der Waals surface area contributed by atoms with Gasteiger partial charge in [0.25, 0.3) is 5.91 Å². The first kappa shape index (κ1) is 16.1. The number of carbonyl (C=O) groups is 1. The third-order valence-corrected chi connectivity index (χ3v) is 3.02. The Morgan fingerprint density at radius 3 is 2.75 bits per heavy atom. The molecule has 0 aromatic heterocycles.